The van der Waals surface area contributed by atoms with Crippen molar-refractivity contribution in [2.45, 2.75) is 12.1 Å². The van der Waals surface area contributed by atoms with E-state index in [1.807, 2.05) is 0 Å². The SMILES string of the molecule is C1=CC(c2ccccc2)Nc2c1ccc1ccc(-c3ccc(-c4cccc5c4c4cc6c(cc4n5-c4ccc5ccccc5c4)-c4ccccc4NC6c4ccccc4)cc3)nc21. The highest BCUT2D eigenvalue weighted by Gasteiger charge is 2.28. The van der Waals surface area contributed by atoms with Crippen LogP contribution in [0, 0.1) is 0 Å². The number of hydrogen-bond acceptors (Lipinski definition) is 3. The van der Waals surface area contributed by atoms with Crippen molar-refractivity contribution in [3.05, 3.63) is 235 Å². The van der Waals surface area contributed by atoms with Gasteiger partial charge in [-0.1, -0.05) is 176 Å². The van der Waals surface area contributed by atoms with Crippen LogP contribution in [0.15, 0.2) is 212 Å². The summed E-state index contributed by atoms with van der Waals surface area (Å²) in [5, 5.41) is 13.8. The summed E-state index contributed by atoms with van der Waals surface area (Å²) < 4.78 is 2.47. The summed E-state index contributed by atoms with van der Waals surface area (Å²) in [6.07, 6.45) is 4.45. The second-order valence-electron chi connectivity index (χ2n) is 16.8. The number of hydrogen-bond donors (Lipinski definition) is 2. The third-order valence-electron chi connectivity index (χ3n) is 13.2. The molecule has 0 bridgehead atoms. The molecule has 296 valence electrons. The van der Waals surface area contributed by atoms with Crippen LogP contribution in [0.25, 0.3) is 88.8 Å². The summed E-state index contributed by atoms with van der Waals surface area (Å²) in [4.78, 5) is 5.32. The van der Waals surface area contributed by atoms with E-state index in [1.54, 1.807) is 0 Å². The van der Waals surface area contributed by atoms with Crippen LogP contribution in [0.5, 0.6) is 0 Å². The van der Waals surface area contributed by atoms with Crippen molar-refractivity contribution >= 4 is 60.9 Å². The summed E-state index contributed by atoms with van der Waals surface area (Å²) in [6, 6.07) is 75.1. The smallest absolute Gasteiger partial charge is 0.0947 e. The molecule has 2 aromatic heterocycles. The molecule has 0 saturated heterocycles. The largest absolute Gasteiger partial charge is 0.374 e. The van der Waals surface area contributed by atoms with Crippen molar-refractivity contribution in [2.75, 3.05) is 10.6 Å². The normalized spacial score (nSPS) is 15.2. The Bertz CT molecular complexity index is 3620. The molecule has 2 aliphatic heterocycles. The third kappa shape index (κ3) is 5.79. The predicted octanol–water partition coefficient (Wildman–Crippen LogP) is 15.2. The number of anilines is 2. The Balaban J connectivity index is 0.976. The number of nitrogens with zero attached hydrogens (tertiary/aromatic N) is 2. The molecule has 4 nitrogen and oxygen atoms in total. The summed E-state index contributed by atoms with van der Waals surface area (Å²) in [6.45, 7) is 0. The molecule has 0 saturated carbocycles. The second-order valence-corrected chi connectivity index (χ2v) is 16.8. The number of rotatable bonds is 5. The minimum Gasteiger partial charge on any atom is -0.374 e. The maximum Gasteiger partial charge on any atom is 0.0947 e. The van der Waals surface area contributed by atoms with Crippen LogP contribution in [-0.2, 0) is 0 Å². The molecule has 63 heavy (non-hydrogen) atoms. The van der Waals surface area contributed by atoms with E-state index in [9.17, 15) is 0 Å². The lowest BCUT2D eigenvalue weighted by molar-refractivity contribution is 0.932. The molecule has 0 fully saturated rings. The van der Waals surface area contributed by atoms with Crippen molar-refractivity contribution in [2.24, 2.45) is 0 Å². The standard InChI is InChI=1S/C59H40N4/c1-3-13-39(14-4-1)51-32-29-42-26-27-43-30-33-52(61-59(43)58(42)60-51)40-24-22-38(23-25-40)46-19-11-21-54-56(46)50-35-49-48(36-55(50)63(54)45-31-28-37-12-7-8-17-44(37)34-45)47-18-9-10-20-53(47)62-57(49)41-15-5-2-6-16-41/h1-36,51,57,60,62H. The van der Waals surface area contributed by atoms with E-state index >= 15 is 0 Å². The Morgan fingerprint density at radius 2 is 1.19 bits per heavy atom. The van der Waals surface area contributed by atoms with Gasteiger partial charge in [-0.3, -0.25) is 0 Å². The van der Waals surface area contributed by atoms with Crippen LogP contribution in [-0.4, -0.2) is 9.55 Å². The fourth-order valence-electron chi connectivity index (χ4n) is 10.2. The molecule has 9 aromatic carbocycles. The molecule has 0 spiro atoms. The Hall–Kier alpha value is -8.21. The average Bonchev–Trinajstić information content (AvgIpc) is 3.69. The highest BCUT2D eigenvalue weighted by atomic mass is 15.0. The quantitative estimate of drug-likeness (QED) is 0.182. The molecule has 2 N–H and O–H groups in total. The molecular formula is C59H40N4. The molecule has 0 aliphatic carbocycles. The monoisotopic (exact) mass is 804 g/mol. The van der Waals surface area contributed by atoms with E-state index in [1.165, 1.54) is 71.5 Å². The first-order valence-corrected chi connectivity index (χ1v) is 21.8. The Morgan fingerprint density at radius 3 is 2.05 bits per heavy atom. The molecule has 2 atom stereocenters. The van der Waals surface area contributed by atoms with E-state index < -0.39 is 0 Å². The van der Waals surface area contributed by atoms with Gasteiger partial charge in [0.05, 0.1) is 40.0 Å². The number of pyridine rings is 1. The van der Waals surface area contributed by atoms with Crippen LogP contribution in [0.1, 0.15) is 34.3 Å². The van der Waals surface area contributed by atoms with Gasteiger partial charge in [-0.25, -0.2) is 4.98 Å². The fourth-order valence-corrected chi connectivity index (χ4v) is 10.2. The third-order valence-corrected chi connectivity index (χ3v) is 13.2. The van der Waals surface area contributed by atoms with E-state index in [4.69, 9.17) is 4.98 Å². The van der Waals surface area contributed by atoms with Gasteiger partial charge in [0.2, 0.25) is 0 Å². The molecule has 4 heterocycles. The maximum atomic E-state index is 5.32. The second kappa shape index (κ2) is 14.2. The van der Waals surface area contributed by atoms with Crippen molar-refractivity contribution in [3.8, 4) is 39.2 Å². The maximum absolute atomic E-state index is 5.32. The Labute approximate surface area is 365 Å². The van der Waals surface area contributed by atoms with Crippen molar-refractivity contribution in [1.29, 1.82) is 0 Å². The van der Waals surface area contributed by atoms with Gasteiger partial charge in [-0.2, -0.15) is 0 Å². The lowest BCUT2D eigenvalue weighted by Gasteiger charge is -2.30. The lowest BCUT2D eigenvalue weighted by atomic mass is 9.85. The van der Waals surface area contributed by atoms with E-state index in [0.29, 0.717) is 0 Å². The van der Waals surface area contributed by atoms with Crippen LogP contribution in [0.4, 0.5) is 11.4 Å². The first-order chi connectivity index (χ1) is 31.2. The zero-order valence-electron chi connectivity index (χ0n) is 34.3. The van der Waals surface area contributed by atoms with E-state index in [2.05, 4.69) is 234 Å². The van der Waals surface area contributed by atoms with Gasteiger partial charge in [-0.05, 0) is 92.2 Å². The predicted molar refractivity (Wildman–Crippen MR) is 264 cm³/mol. The number of para-hydroxylation sites is 1. The summed E-state index contributed by atoms with van der Waals surface area (Å²) >= 11 is 0. The highest BCUT2D eigenvalue weighted by Crippen LogP contribution is 2.48. The molecule has 13 rings (SSSR count). The van der Waals surface area contributed by atoms with E-state index in [0.717, 1.165) is 44.8 Å². The lowest BCUT2D eigenvalue weighted by Crippen LogP contribution is -2.18. The molecule has 4 heteroatoms. The Kier molecular flexibility index (Phi) is 8.00. The molecule has 2 unspecified atom stereocenters. The average molecular weight is 805 g/mol. The van der Waals surface area contributed by atoms with Crippen LogP contribution < -0.4 is 10.6 Å². The zero-order valence-corrected chi connectivity index (χ0v) is 34.3. The van der Waals surface area contributed by atoms with E-state index in [-0.39, 0.29) is 12.1 Å². The number of fused-ring (bicyclic) bond motifs is 10. The first-order valence-electron chi connectivity index (χ1n) is 21.8. The van der Waals surface area contributed by atoms with Gasteiger partial charge in [-0.15, -0.1) is 0 Å². The molecule has 0 amide bonds. The number of nitrogens with one attached hydrogen (secondary N) is 2. The van der Waals surface area contributed by atoms with Gasteiger partial charge < -0.3 is 15.2 Å². The van der Waals surface area contributed by atoms with Crippen molar-refractivity contribution in [3.63, 3.8) is 0 Å². The topological polar surface area (TPSA) is 41.9 Å². The summed E-state index contributed by atoms with van der Waals surface area (Å²) in [5.41, 5.74) is 18.5. The van der Waals surface area contributed by atoms with Gasteiger partial charge in [0, 0.05) is 38.7 Å². The van der Waals surface area contributed by atoms with Crippen molar-refractivity contribution in [1.82, 2.24) is 9.55 Å². The first kappa shape index (κ1) is 35.5. The van der Waals surface area contributed by atoms with Crippen LogP contribution in [0.3, 0.4) is 0 Å². The van der Waals surface area contributed by atoms with Gasteiger partial charge >= 0.3 is 0 Å². The Morgan fingerprint density at radius 1 is 0.476 bits per heavy atom. The minimum atomic E-state index is 0.00141. The zero-order chi connectivity index (χ0) is 41.4. The summed E-state index contributed by atoms with van der Waals surface area (Å²) in [7, 11) is 0. The fraction of sp³-hybridized carbons (Fsp3) is 0.0339. The molecule has 0 radical (unpaired) electrons. The van der Waals surface area contributed by atoms with Gasteiger partial charge in [0.25, 0.3) is 0 Å². The van der Waals surface area contributed by atoms with Crippen molar-refractivity contribution < 1.29 is 0 Å². The van der Waals surface area contributed by atoms with Gasteiger partial charge in [0.1, 0.15) is 0 Å². The van der Waals surface area contributed by atoms with Crippen LogP contribution in [0.2, 0.25) is 0 Å². The van der Waals surface area contributed by atoms with Gasteiger partial charge in [0.15, 0.2) is 0 Å². The highest BCUT2D eigenvalue weighted by molar-refractivity contribution is 6.17. The molecular weight excluding hydrogens is 765 g/mol. The minimum absolute atomic E-state index is 0.00141. The van der Waals surface area contributed by atoms with Crippen LogP contribution >= 0.6 is 0 Å². The molecule has 11 aromatic rings. The molecule has 2 aliphatic rings. The number of aromatic nitrogens is 2. The number of benzene rings is 9. The summed E-state index contributed by atoms with van der Waals surface area (Å²) in [5.74, 6) is 0.